The number of carboxylic acids is 1. The van der Waals surface area contributed by atoms with Gasteiger partial charge in [0.1, 0.15) is 0 Å². The fraction of sp³-hybridized carbons (Fsp3) is 0.778. The number of hydrogen-bond acceptors (Lipinski definition) is 2. The molecule has 0 radical (unpaired) electrons. The SMILES string of the molecule is CN(C)C(=O)N1CCC[C@H](C(=O)O)C1. The van der Waals surface area contributed by atoms with E-state index in [2.05, 4.69) is 0 Å². The van der Waals surface area contributed by atoms with E-state index in [1.54, 1.807) is 19.0 Å². The molecule has 1 heterocycles. The molecule has 1 N–H and O–H groups in total. The molecule has 0 aromatic rings. The van der Waals surface area contributed by atoms with E-state index in [4.69, 9.17) is 5.11 Å². The molecule has 1 atom stereocenters. The number of aliphatic carboxylic acids is 1. The van der Waals surface area contributed by atoms with Crippen molar-refractivity contribution in [3.8, 4) is 0 Å². The predicted molar refractivity (Wildman–Crippen MR) is 51.0 cm³/mol. The first-order valence-corrected chi connectivity index (χ1v) is 4.71. The van der Waals surface area contributed by atoms with E-state index in [0.29, 0.717) is 19.5 Å². The Kier molecular flexibility index (Phi) is 3.33. The lowest BCUT2D eigenvalue weighted by atomic mass is 9.99. The molecule has 1 aliphatic rings. The Morgan fingerprint density at radius 2 is 2.07 bits per heavy atom. The Bertz CT molecular complexity index is 240. The number of piperidine rings is 1. The number of carbonyl (C=O) groups is 2. The van der Waals surface area contributed by atoms with Crippen LogP contribution < -0.4 is 0 Å². The summed E-state index contributed by atoms with van der Waals surface area (Å²) in [7, 11) is 3.35. The van der Waals surface area contributed by atoms with Crippen molar-refractivity contribution in [2.75, 3.05) is 27.2 Å². The van der Waals surface area contributed by atoms with Gasteiger partial charge in [-0.3, -0.25) is 4.79 Å². The Labute approximate surface area is 83.3 Å². The van der Waals surface area contributed by atoms with Crippen LogP contribution in [0.1, 0.15) is 12.8 Å². The quantitative estimate of drug-likeness (QED) is 0.669. The third kappa shape index (κ3) is 2.37. The summed E-state index contributed by atoms with van der Waals surface area (Å²) >= 11 is 0. The van der Waals surface area contributed by atoms with Gasteiger partial charge in [-0.15, -0.1) is 0 Å². The average molecular weight is 200 g/mol. The van der Waals surface area contributed by atoms with Crippen LogP contribution in [0.2, 0.25) is 0 Å². The summed E-state index contributed by atoms with van der Waals surface area (Å²) in [5.74, 6) is -1.20. The molecular weight excluding hydrogens is 184 g/mol. The smallest absolute Gasteiger partial charge is 0.319 e. The minimum Gasteiger partial charge on any atom is -0.481 e. The second kappa shape index (κ2) is 4.30. The topological polar surface area (TPSA) is 60.9 Å². The lowest BCUT2D eigenvalue weighted by Crippen LogP contribution is -2.46. The summed E-state index contributed by atoms with van der Waals surface area (Å²) in [6.07, 6.45) is 1.45. The molecule has 2 amide bonds. The standard InChI is InChI=1S/C9H16N2O3/c1-10(2)9(14)11-5-3-4-7(6-11)8(12)13/h7H,3-6H2,1-2H3,(H,12,13)/t7-/m0/s1. The molecule has 0 aliphatic carbocycles. The monoisotopic (exact) mass is 200 g/mol. The van der Waals surface area contributed by atoms with Gasteiger partial charge in [-0.25, -0.2) is 4.79 Å². The third-order valence-corrected chi connectivity index (χ3v) is 2.42. The van der Waals surface area contributed by atoms with Gasteiger partial charge in [0.05, 0.1) is 5.92 Å². The number of urea groups is 1. The van der Waals surface area contributed by atoms with E-state index >= 15 is 0 Å². The zero-order valence-electron chi connectivity index (χ0n) is 8.56. The Hall–Kier alpha value is -1.26. The molecule has 80 valence electrons. The Balaban J connectivity index is 2.56. The zero-order valence-corrected chi connectivity index (χ0v) is 8.56. The van der Waals surface area contributed by atoms with Crippen LogP contribution in [0.5, 0.6) is 0 Å². The fourth-order valence-corrected chi connectivity index (χ4v) is 1.64. The van der Waals surface area contributed by atoms with Crippen LogP contribution in [-0.4, -0.2) is 54.1 Å². The number of nitrogens with zero attached hydrogens (tertiary/aromatic N) is 2. The molecule has 0 bridgehead atoms. The molecule has 0 unspecified atom stereocenters. The molecule has 0 spiro atoms. The first-order chi connectivity index (χ1) is 6.52. The summed E-state index contributed by atoms with van der Waals surface area (Å²) < 4.78 is 0. The van der Waals surface area contributed by atoms with E-state index in [1.807, 2.05) is 0 Å². The van der Waals surface area contributed by atoms with Crippen molar-refractivity contribution in [2.45, 2.75) is 12.8 Å². The normalized spacial score (nSPS) is 21.9. The van der Waals surface area contributed by atoms with Crippen LogP contribution in [0.4, 0.5) is 4.79 Å². The first kappa shape index (κ1) is 10.8. The summed E-state index contributed by atoms with van der Waals surface area (Å²) in [6, 6.07) is -0.101. The largest absolute Gasteiger partial charge is 0.481 e. The molecule has 1 rings (SSSR count). The van der Waals surface area contributed by atoms with Crippen molar-refractivity contribution < 1.29 is 14.7 Å². The molecule has 1 saturated heterocycles. The maximum atomic E-state index is 11.5. The maximum Gasteiger partial charge on any atom is 0.319 e. The van der Waals surface area contributed by atoms with Gasteiger partial charge in [0.15, 0.2) is 0 Å². The van der Waals surface area contributed by atoms with Gasteiger partial charge in [0.25, 0.3) is 0 Å². The maximum absolute atomic E-state index is 11.5. The van der Waals surface area contributed by atoms with Gasteiger partial charge >= 0.3 is 12.0 Å². The van der Waals surface area contributed by atoms with E-state index in [-0.39, 0.29) is 6.03 Å². The predicted octanol–water partition coefficient (Wildman–Crippen LogP) is 0.465. The molecule has 0 saturated carbocycles. The van der Waals surface area contributed by atoms with E-state index in [0.717, 1.165) is 6.42 Å². The number of likely N-dealkylation sites (tertiary alicyclic amines) is 1. The first-order valence-electron chi connectivity index (χ1n) is 4.71. The van der Waals surface area contributed by atoms with Gasteiger partial charge in [-0.2, -0.15) is 0 Å². The van der Waals surface area contributed by atoms with Crippen molar-refractivity contribution >= 4 is 12.0 Å². The lowest BCUT2D eigenvalue weighted by molar-refractivity contribution is -0.143. The minimum atomic E-state index is -0.804. The molecule has 14 heavy (non-hydrogen) atoms. The Morgan fingerprint density at radius 1 is 1.43 bits per heavy atom. The number of carboxylic acid groups (broad SMARTS) is 1. The second-order valence-corrected chi connectivity index (χ2v) is 3.80. The van der Waals surface area contributed by atoms with Crippen molar-refractivity contribution in [3.63, 3.8) is 0 Å². The number of hydrogen-bond donors (Lipinski definition) is 1. The van der Waals surface area contributed by atoms with Gasteiger partial charge in [0.2, 0.25) is 0 Å². The van der Waals surface area contributed by atoms with Crippen LogP contribution in [0, 0.1) is 5.92 Å². The van der Waals surface area contributed by atoms with Crippen LogP contribution >= 0.6 is 0 Å². The molecule has 1 fully saturated rings. The van der Waals surface area contributed by atoms with Gasteiger partial charge in [0, 0.05) is 27.2 Å². The van der Waals surface area contributed by atoms with Crippen LogP contribution in [0.3, 0.4) is 0 Å². The summed E-state index contributed by atoms with van der Waals surface area (Å²) in [4.78, 5) is 25.3. The van der Waals surface area contributed by atoms with Crippen molar-refractivity contribution in [1.29, 1.82) is 0 Å². The van der Waals surface area contributed by atoms with Crippen molar-refractivity contribution in [2.24, 2.45) is 5.92 Å². The highest BCUT2D eigenvalue weighted by Gasteiger charge is 2.28. The second-order valence-electron chi connectivity index (χ2n) is 3.80. The molecule has 0 aromatic heterocycles. The minimum absolute atomic E-state index is 0.101. The molecule has 0 aromatic carbocycles. The highest BCUT2D eigenvalue weighted by molar-refractivity contribution is 5.76. The van der Waals surface area contributed by atoms with E-state index in [1.165, 1.54) is 4.90 Å². The summed E-state index contributed by atoms with van der Waals surface area (Å²) in [5.41, 5.74) is 0. The van der Waals surface area contributed by atoms with E-state index < -0.39 is 11.9 Å². The molecule has 1 aliphatic heterocycles. The van der Waals surface area contributed by atoms with Gasteiger partial charge < -0.3 is 14.9 Å². The number of amides is 2. The number of carbonyl (C=O) groups excluding carboxylic acids is 1. The summed E-state index contributed by atoms with van der Waals surface area (Å²) in [6.45, 7) is 1.01. The third-order valence-electron chi connectivity index (χ3n) is 2.42. The van der Waals surface area contributed by atoms with Gasteiger partial charge in [-0.05, 0) is 12.8 Å². The highest BCUT2D eigenvalue weighted by atomic mass is 16.4. The molecule has 5 heteroatoms. The average Bonchev–Trinajstić information content (AvgIpc) is 2.16. The Morgan fingerprint density at radius 3 is 2.57 bits per heavy atom. The van der Waals surface area contributed by atoms with Crippen molar-refractivity contribution in [1.82, 2.24) is 9.80 Å². The van der Waals surface area contributed by atoms with Crippen LogP contribution in [0.15, 0.2) is 0 Å². The lowest BCUT2D eigenvalue weighted by Gasteiger charge is -2.32. The van der Waals surface area contributed by atoms with E-state index in [9.17, 15) is 9.59 Å². The highest BCUT2D eigenvalue weighted by Crippen LogP contribution is 2.17. The van der Waals surface area contributed by atoms with Crippen molar-refractivity contribution in [3.05, 3.63) is 0 Å². The van der Waals surface area contributed by atoms with Crippen LogP contribution in [-0.2, 0) is 4.79 Å². The van der Waals surface area contributed by atoms with Gasteiger partial charge in [-0.1, -0.05) is 0 Å². The molecule has 5 nitrogen and oxygen atoms in total. The number of rotatable bonds is 1. The fourth-order valence-electron chi connectivity index (χ4n) is 1.64. The van der Waals surface area contributed by atoms with Crippen LogP contribution in [0.25, 0.3) is 0 Å². The zero-order chi connectivity index (χ0) is 10.7. The summed E-state index contributed by atoms with van der Waals surface area (Å²) in [5, 5.41) is 8.82. The molecular formula is C9H16N2O3.